The number of unbranched alkanes of at least 4 members (excludes halogenated alkanes) is 1. The molecule has 4 nitrogen and oxygen atoms in total. The molecule has 0 aromatic rings. The molecular formula is C14H26O4. The van der Waals surface area contributed by atoms with Crippen LogP contribution in [-0.4, -0.2) is 25.2 Å². The van der Waals surface area contributed by atoms with Crippen molar-refractivity contribution in [1.29, 1.82) is 0 Å². The van der Waals surface area contributed by atoms with Gasteiger partial charge >= 0.3 is 11.9 Å². The zero-order valence-corrected chi connectivity index (χ0v) is 12.0. The lowest BCUT2D eigenvalue weighted by Crippen LogP contribution is -2.11. The molecule has 0 spiro atoms. The molecule has 4 heteroatoms. The molecule has 0 saturated carbocycles. The Hall–Kier alpha value is -1.06. The third kappa shape index (κ3) is 11.4. The SMILES string of the molecule is CC(C)CC(=O)OCCCCOC(=O)CC(C)C. The van der Waals surface area contributed by atoms with Crippen LogP contribution in [0.2, 0.25) is 0 Å². The Morgan fingerprint density at radius 2 is 1.11 bits per heavy atom. The molecule has 0 aliphatic heterocycles. The molecule has 0 heterocycles. The second-order valence-electron chi connectivity index (χ2n) is 5.34. The lowest BCUT2D eigenvalue weighted by atomic mass is 10.1. The fourth-order valence-corrected chi connectivity index (χ4v) is 1.36. The summed E-state index contributed by atoms with van der Waals surface area (Å²) in [7, 11) is 0. The molecule has 0 amide bonds. The first-order valence-electron chi connectivity index (χ1n) is 6.73. The minimum Gasteiger partial charge on any atom is -0.466 e. The van der Waals surface area contributed by atoms with Crippen LogP contribution in [0.5, 0.6) is 0 Å². The van der Waals surface area contributed by atoms with E-state index in [0.29, 0.717) is 37.9 Å². The summed E-state index contributed by atoms with van der Waals surface area (Å²) in [5, 5.41) is 0. The van der Waals surface area contributed by atoms with Crippen LogP contribution >= 0.6 is 0 Å². The molecule has 0 radical (unpaired) electrons. The number of hydrogen-bond donors (Lipinski definition) is 0. The molecule has 0 atom stereocenters. The van der Waals surface area contributed by atoms with Crippen molar-refractivity contribution in [3.05, 3.63) is 0 Å². The quantitative estimate of drug-likeness (QED) is 0.471. The van der Waals surface area contributed by atoms with Crippen molar-refractivity contribution in [1.82, 2.24) is 0 Å². The number of carbonyl (C=O) groups is 2. The summed E-state index contributed by atoms with van der Waals surface area (Å²) in [6.07, 6.45) is 2.39. The monoisotopic (exact) mass is 258 g/mol. The number of carbonyl (C=O) groups excluding carboxylic acids is 2. The minimum atomic E-state index is -0.151. The van der Waals surface area contributed by atoms with E-state index in [1.807, 2.05) is 27.7 Å². The summed E-state index contributed by atoms with van der Waals surface area (Å²) in [5.41, 5.74) is 0. The predicted octanol–water partition coefficient (Wildman–Crippen LogP) is 2.95. The molecule has 0 aliphatic carbocycles. The predicted molar refractivity (Wildman–Crippen MR) is 70.1 cm³/mol. The second kappa shape index (κ2) is 9.92. The molecule has 106 valence electrons. The van der Waals surface area contributed by atoms with E-state index in [-0.39, 0.29) is 11.9 Å². The van der Waals surface area contributed by atoms with Crippen LogP contribution in [0, 0.1) is 11.8 Å². The maximum atomic E-state index is 11.2. The van der Waals surface area contributed by atoms with Crippen molar-refractivity contribution in [2.75, 3.05) is 13.2 Å². The molecule has 0 aromatic carbocycles. The van der Waals surface area contributed by atoms with E-state index in [2.05, 4.69) is 0 Å². The van der Waals surface area contributed by atoms with E-state index in [9.17, 15) is 9.59 Å². The van der Waals surface area contributed by atoms with Gasteiger partial charge in [0.05, 0.1) is 13.2 Å². The van der Waals surface area contributed by atoms with Crippen LogP contribution in [0.4, 0.5) is 0 Å². The van der Waals surface area contributed by atoms with Crippen LogP contribution < -0.4 is 0 Å². The van der Waals surface area contributed by atoms with Crippen LogP contribution in [0.1, 0.15) is 53.4 Å². The summed E-state index contributed by atoms with van der Waals surface area (Å²) in [5.74, 6) is 0.354. The Balaban J connectivity index is 3.36. The molecule has 0 N–H and O–H groups in total. The van der Waals surface area contributed by atoms with Gasteiger partial charge in [0.1, 0.15) is 0 Å². The maximum Gasteiger partial charge on any atom is 0.306 e. The van der Waals surface area contributed by atoms with Gasteiger partial charge in [-0.2, -0.15) is 0 Å². The Bertz CT molecular complexity index is 220. The lowest BCUT2D eigenvalue weighted by molar-refractivity contribution is -0.147. The Morgan fingerprint density at radius 3 is 1.39 bits per heavy atom. The first-order chi connectivity index (χ1) is 8.41. The maximum absolute atomic E-state index is 11.2. The molecule has 0 bridgehead atoms. The van der Waals surface area contributed by atoms with E-state index in [4.69, 9.17) is 9.47 Å². The fourth-order valence-electron chi connectivity index (χ4n) is 1.36. The van der Waals surface area contributed by atoms with Gasteiger partial charge in [0.15, 0.2) is 0 Å². The van der Waals surface area contributed by atoms with Gasteiger partial charge < -0.3 is 9.47 Å². The summed E-state index contributed by atoms with van der Waals surface area (Å²) >= 11 is 0. The van der Waals surface area contributed by atoms with E-state index < -0.39 is 0 Å². The van der Waals surface area contributed by atoms with Crippen LogP contribution in [0.25, 0.3) is 0 Å². The van der Waals surface area contributed by atoms with E-state index >= 15 is 0 Å². The fraction of sp³-hybridized carbons (Fsp3) is 0.857. The Labute approximate surface area is 110 Å². The van der Waals surface area contributed by atoms with Gasteiger partial charge in [-0.3, -0.25) is 9.59 Å². The second-order valence-corrected chi connectivity index (χ2v) is 5.34. The normalized spacial score (nSPS) is 10.8. The first kappa shape index (κ1) is 16.9. The van der Waals surface area contributed by atoms with Gasteiger partial charge in [-0.25, -0.2) is 0 Å². The number of hydrogen-bond acceptors (Lipinski definition) is 4. The zero-order valence-electron chi connectivity index (χ0n) is 12.0. The van der Waals surface area contributed by atoms with Crippen LogP contribution in [0.3, 0.4) is 0 Å². The van der Waals surface area contributed by atoms with Crippen molar-refractivity contribution in [3.63, 3.8) is 0 Å². The third-order valence-electron chi connectivity index (χ3n) is 2.21. The van der Waals surface area contributed by atoms with Crippen molar-refractivity contribution in [3.8, 4) is 0 Å². The topological polar surface area (TPSA) is 52.6 Å². The summed E-state index contributed by atoms with van der Waals surface area (Å²) < 4.78 is 10.1. The van der Waals surface area contributed by atoms with E-state index in [1.54, 1.807) is 0 Å². The average molecular weight is 258 g/mol. The Morgan fingerprint density at radius 1 is 0.778 bits per heavy atom. The standard InChI is InChI=1S/C14H26O4/c1-11(2)9-13(15)17-7-5-6-8-18-14(16)10-12(3)4/h11-12H,5-10H2,1-4H3. The highest BCUT2D eigenvalue weighted by Gasteiger charge is 2.07. The molecule has 18 heavy (non-hydrogen) atoms. The van der Waals surface area contributed by atoms with Gasteiger partial charge in [0.25, 0.3) is 0 Å². The molecule has 0 rings (SSSR count). The highest BCUT2D eigenvalue weighted by molar-refractivity contribution is 5.69. The van der Waals surface area contributed by atoms with Crippen molar-refractivity contribution in [2.45, 2.75) is 53.4 Å². The lowest BCUT2D eigenvalue weighted by Gasteiger charge is -2.08. The summed E-state index contributed by atoms with van der Waals surface area (Å²) in [4.78, 5) is 22.4. The highest BCUT2D eigenvalue weighted by Crippen LogP contribution is 2.03. The van der Waals surface area contributed by atoms with Gasteiger partial charge in [-0.15, -0.1) is 0 Å². The molecular weight excluding hydrogens is 232 g/mol. The molecule has 0 aromatic heterocycles. The van der Waals surface area contributed by atoms with Crippen molar-refractivity contribution < 1.29 is 19.1 Å². The molecule has 0 saturated heterocycles. The molecule has 0 unspecified atom stereocenters. The Kier molecular flexibility index (Phi) is 9.33. The third-order valence-corrected chi connectivity index (χ3v) is 2.21. The first-order valence-corrected chi connectivity index (χ1v) is 6.73. The summed E-state index contributed by atoms with van der Waals surface area (Å²) in [6.45, 7) is 8.75. The van der Waals surface area contributed by atoms with Gasteiger partial charge in [-0.1, -0.05) is 27.7 Å². The summed E-state index contributed by atoms with van der Waals surface area (Å²) in [6, 6.07) is 0. The van der Waals surface area contributed by atoms with Crippen LogP contribution in [0.15, 0.2) is 0 Å². The van der Waals surface area contributed by atoms with Crippen molar-refractivity contribution >= 4 is 11.9 Å². The van der Waals surface area contributed by atoms with Gasteiger partial charge in [-0.05, 0) is 24.7 Å². The number of ether oxygens (including phenoxy) is 2. The van der Waals surface area contributed by atoms with Crippen LogP contribution in [-0.2, 0) is 19.1 Å². The average Bonchev–Trinajstić information content (AvgIpc) is 2.20. The van der Waals surface area contributed by atoms with Gasteiger partial charge in [0, 0.05) is 12.8 Å². The zero-order chi connectivity index (χ0) is 14.0. The van der Waals surface area contributed by atoms with Crippen molar-refractivity contribution in [2.24, 2.45) is 11.8 Å². The molecule has 0 fully saturated rings. The number of rotatable bonds is 9. The largest absolute Gasteiger partial charge is 0.466 e. The highest BCUT2D eigenvalue weighted by atomic mass is 16.5. The van der Waals surface area contributed by atoms with Gasteiger partial charge in [0.2, 0.25) is 0 Å². The molecule has 0 aliphatic rings. The minimum absolute atomic E-state index is 0.151. The van der Waals surface area contributed by atoms with E-state index in [1.165, 1.54) is 0 Å². The smallest absolute Gasteiger partial charge is 0.306 e. The van der Waals surface area contributed by atoms with E-state index in [0.717, 1.165) is 12.8 Å². The number of esters is 2.